The molecule has 1 saturated heterocycles. The number of carbonyl (C=O) groups is 1. The Morgan fingerprint density at radius 1 is 1.23 bits per heavy atom. The van der Waals surface area contributed by atoms with Gasteiger partial charge in [-0.05, 0) is 25.1 Å². The molecule has 134 valence electrons. The number of amidine groups is 1. The van der Waals surface area contributed by atoms with E-state index in [-0.39, 0.29) is 23.7 Å². The van der Waals surface area contributed by atoms with Gasteiger partial charge in [-0.3, -0.25) is 4.79 Å². The van der Waals surface area contributed by atoms with E-state index in [1.165, 1.54) is 17.8 Å². The zero-order valence-electron chi connectivity index (χ0n) is 14.3. The standard InChI is InChI=1S/C20H19FN2O2S/c1-13-16-11-26-19(22-18(24)14-7-3-2-4-8-14)23-20(16,12-25-13)15-9-5-6-10-17(15)21/h2-10,13,16H,11-12H2,1H3,(H,22,23,24)/t13-,16-,20-/m1/s1. The molecule has 2 aromatic rings. The van der Waals surface area contributed by atoms with Crippen LogP contribution in [0.1, 0.15) is 22.8 Å². The molecule has 2 aliphatic heterocycles. The topological polar surface area (TPSA) is 50.7 Å². The lowest BCUT2D eigenvalue weighted by molar-refractivity contribution is 0.0977. The van der Waals surface area contributed by atoms with Gasteiger partial charge >= 0.3 is 0 Å². The zero-order chi connectivity index (χ0) is 18.1. The second-order valence-electron chi connectivity index (χ2n) is 6.57. The van der Waals surface area contributed by atoms with Crippen LogP contribution in [0.25, 0.3) is 0 Å². The Morgan fingerprint density at radius 2 is 1.96 bits per heavy atom. The van der Waals surface area contributed by atoms with E-state index in [1.54, 1.807) is 24.3 Å². The summed E-state index contributed by atoms with van der Waals surface area (Å²) in [6.45, 7) is 2.31. The van der Waals surface area contributed by atoms with Crippen LogP contribution >= 0.6 is 11.8 Å². The number of thioether (sulfide) groups is 1. The summed E-state index contributed by atoms with van der Waals surface area (Å²) >= 11 is 1.48. The lowest BCUT2D eigenvalue weighted by Crippen LogP contribution is -2.44. The minimum Gasteiger partial charge on any atom is -0.375 e. The highest BCUT2D eigenvalue weighted by Crippen LogP contribution is 2.48. The number of nitrogens with zero attached hydrogens (tertiary/aromatic N) is 1. The van der Waals surface area contributed by atoms with Crippen molar-refractivity contribution in [3.05, 3.63) is 71.5 Å². The lowest BCUT2D eigenvalue weighted by Gasteiger charge is -2.36. The van der Waals surface area contributed by atoms with Crippen LogP contribution in [0.3, 0.4) is 0 Å². The number of halogens is 1. The van der Waals surface area contributed by atoms with E-state index in [0.29, 0.717) is 28.7 Å². The third-order valence-corrected chi connectivity index (χ3v) is 6.04. The van der Waals surface area contributed by atoms with Gasteiger partial charge in [0.25, 0.3) is 5.91 Å². The summed E-state index contributed by atoms with van der Waals surface area (Å²) in [5.74, 6) is 0.260. The Labute approximate surface area is 155 Å². The van der Waals surface area contributed by atoms with Crippen LogP contribution in [0.4, 0.5) is 4.39 Å². The minimum atomic E-state index is -0.796. The summed E-state index contributed by atoms with van der Waals surface area (Å²) in [7, 11) is 0. The van der Waals surface area contributed by atoms with Crippen molar-refractivity contribution in [1.29, 1.82) is 0 Å². The predicted molar refractivity (Wildman–Crippen MR) is 101 cm³/mol. The van der Waals surface area contributed by atoms with Crippen molar-refractivity contribution in [2.45, 2.75) is 18.6 Å². The van der Waals surface area contributed by atoms with Gasteiger partial charge in [0.05, 0.1) is 12.7 Å². The van der Waals surface area contributed by atoms with Crippen molar-refractivity contribution in [1.82, 2.24) is 5.32 Å². The highest BCUT2D eigenvalue weighted by Gasteiger charge is 2.52. The van der Waals surface area contributed by atoms with Crippen LogP contribution in [-0.2, 0) is 10.3 Å². The summed E-state index contributed by atoms with van der Waals surface area (Å²) in [5.41, 5.74) is 0.296. The van der Waals surface area contributed by atoms with Crippen LogP contribution < -0.4 is 5.32 Å². The zero-order valence-corrected chi connectivity index (χ0v) is 15.1. The van der Waals surface area contributed by atoms with Gasteiger partial charge in [-0.2, -0.15) is 0 Å². The summed E-state index contributed by atoms with van der Waals surface area (Å²) < 4.78 is 20.4. The first-order valence-electron chi connectivity index (χ1n) is 8.56. The smallest absolute Gasteiger partial charge is 0.257 e. The van der Waals surface area contributed by atoms with Gasteiger partial charge in [0, 0.05) is 22.8 Å². The Kier molecular flexibility index (Phi) is 4.54. The molecule has 6 heteroatoms. The van der Waals surface area contributed by atoms with Crippen molar-refractivity contribution in [3.63, 3.8) is 0 Å². The second-order valence-corrected chi connectivity index (χ2v) is 7.58. The predicted octanol–water partition coefficient (Wildman–Crippen LogP) is 3.59. The van der Waals surface area contributed by atoms with Crippen molar-refractivity contribution in [3.8, 4) is 0 Å². The highest BCUT2D eigenvalue weighted by atomic mass is 32.2. The van der Waals surface area contributed by atoms with Gasteiger partial charge in [-0.25, -0.2) is 9.38 Å². The molecule has 0 aromatic heterocycles. The molecule has 26 heavy (non-hydrogen) atoms. The number of amides is 1. The summed E-state index contributed by atoms with van der Waals surface area (Å²) in [4.78, 5) is 17.3. The molecule has 0 aliphatic carbocycles. The van der Waals surface area contributed by atoms with E-state index < -0.39 is 5.54 Å². The molecule has 0 bridgehead atoms. The number of hydrogen-bond donors (Lipinski definition) is 1. The minimum absolute atomic E-state index is 0.0165. The van der Waals surface area contributed by atoms with E-state index in [0.717, 1.165) is 0 Å². The molecule has 4 rings (SSSR count). The SMILES string of the molecule is C[C@H]1OC[C@]2(c3ccccc3F)N=C(NC(=O)c3ccccc3)SC[C@H]12. The molecule has 0 radical (unpaired) electrons. The van der Waals surface area contributed by atoms with Crippen molar-refractivity contribution in [2.24, 2.45) is 10.9 Å². The van der Waals surface area contributed by atoms with Crippen LogP contribution in [0.15, 0.2) is 59.6 Å². The van der Waals surface area contributed by atoms with E-state index >= 15 is 0 Å². The number of aliphatic imine (C=N–C) groups is 1. The molecule has 4 nitrogen and oxygen atoms in total. The Hall–Kier alpha value is -2.18. The molecule has 2 aliphatic rings. The third kappa shape index (κ3) is 2.93. The number of nitrogens with one attached hydrogen (secondary N) is 1. The molecule has 1 N–H and O–H groups in total. The normalized spacial score (nSPS) is 27.5. The van der Waals surface area contributed by atoms with Crippen LogP contribution in [0.2, 0.25) is 0 Å². The Bertz CT molecular complexity index is 858. The van der Waals surface area contributed by atoms with Gasteiger partial charge in [0.15, 0.2) is 5.17 Å². The van der Waals surface area contributed by atoms with Crippen molar-refractivity contribution in [2.75, 3.05) is 12.4 Å². The molecule has 0 unspecified atom stereocenters. The Morgan fingerprint density at radius 3 is 2.73 bits per heavy atom. The fourth-order valence-corrected chi connectivity index (χ4v) is 4.89. The van der Waals surface area contributed by atoms with E-state index in [1.807, 2.05) is 31.2 Å². The number of fused-ring (bicyclic) bond motifs is 1. The molecule has 1 amide bonds. The molecule has 2 aromatic carbocycles. The third-order valence-electron chi connectivity index (χ3n) is 5.04. The van der Waals surface area contributed by atoms with Gasteiger partial charge < -0.3 is 10.1 Å². The van der Waals surface area contributed by atoms with Gasteiger partial charge in [-0.1, -0.05) is 48.2 Å². The first-order valence-corrected chi connectivity index (χ1v) is 9.54. The van der Waals surface area contributed by atoms with Crippen LogP contribution in [0.5, 0.6) is 0 Å². The highest BCUT2D eigenvalue weighted by molar-refractivity contribution is 8.13. The molecule has 2 heterocycles. The van der Waals surface area contributed by atoms with Crippen LogP contribution in [0, 0.1) is 11.7 Å². The first kappa shape index (κ1) is 17.2. The number of carbonyl (C=O) groups excluding carboxylic acids is 1. The fourth-order valence-electron chi connectivity index (χ4n) is 3.61. The maximum Gasteiger partial charge on any atom is 0.257 e. The first-order chi connectivity index (χ1) is 12.6. The number of ether oxygens (including phenoxy) is 1. The molecule has 0 saturated carbocycles. The monoisotopic (exact) mass is 370 g/mol. The second kappa shape index (κ2) is 6.85. The van der Waals surface area contributed by atoms with Crippen molar-refractivity contribution < 1.29 is 13.9 Å². The number of hydrogen-bond acceptors (Lipinski definition) is 4. The summed E-state index contributed by atoms with van der Waals surface area (Å²) in [6, 6.07) is 15.7. The molecule has 0 spiro atoms. The fraction of sp³-hybridized carbons (Fsp3) is 0.300. The maximum absolute atomic E-state index is 14.6. The van der Waals surface area contributed by atoms with Gasteiger partial charge in [0.1, 0.15) is 11.4 Å². The number of benzene rings is 2. The van der Waals surface area contributed by atoms with E-state index in [9.17, 15) is 9.18 Å². The molecule has 3 atom stereocenters. The Balaban J connectivity index is 1.70. The molecular formula is C20H19FN2O2S. The maximum atomic E-state index is 14.6. The molecule has 1 fully saturated rings. The van der Waals surface area contributed by atoms with Crippen LogP contribution in [-0.4, -0.2) is 29.5 Å². The van der Waals surface area contributed by atoms with E-state index in [4.69, 9.17) is 9.73 Å². The average molecular weight is 370 g/mol. The quantitative estimate of drug-likeness (QED) is 0.879. The average Bonchev–Trinajstić information content (AvgIpc) is 3.00. The van der Waals surface area contributed by atoms with Gasteiger partial charge in [-0.15, -0.1) is 0 Å². The molecular weight excluding hydrogens is 351 g/mol. The summed E-state index contributed by atoms with van der Waals surface area (Å²) in [6.07, 6.45) is -0.0165. The number of rotatable bonds is 2. The largest absolute Gasteiger partial charge is 0.375 e. The van der Waals surface area contributed by atoms with E-state index in [2.05, 4.69) is 5.32 Å². The van der Waals surface area contributed by atoms with Crippen molar-refractivity contribution >= 4 is 22.8 Å². The van der Waals surface area contributed by atoms with Gasteiger partial charge in [0.2, 0.25) is 0 Å². The lowest BCUT2D eigenvalue weighted by atomic mass is 9.79. The summed E-state index contributed by atoms with van der Waals surface area (Å²) in [5, 5.41) is 3.38.